The monoisotopic (exact) mass is 553 g/mol. The number of anilines is 1. The Morgan fingerprint density at radius 3 is 2.08 bits per heavy atom. The molecular weight excluding hydrogens is 507 g/mol. The second kappa shape index (κ2) is 17.8. The average Bonchev–Trinajstić information content (AvgIpc) is 3.33. The Kier molecular flexibility index (Phi) is 14.0. The molecule has 0 aliphatic carbocycles. The summed E-state index contributed by atoms with van der Waals surface area (Å²) in [7, 11) is 0. The van der Waals surface area contributed by atoms with Crippen LogP contribution >= 0.6 is 11.3 Å². The zero-order chi connectivity index (χ0) is 27.7. The van der Waals surface area contributed by atoms with E-state index in [0.29, 0.717) is 12.2 Å². The van der Waals surface area contributed by atoms with Crippen molar-refractivity contribution in [2.45, 2.75) is 104 Å². The average molecular weight is 554 g/mol. The van der Waals surface area contributed by atoms with Gasteiger partial charge in [-0.1, -0.05) is 107 Å². The van der Waals surface area contributed by atoms with Gasteiger partial charge in [-0.15, -0.1) is 0 Å². The molecule has 0 radical (unpaired) electrons. The highest BCUT2D eigenvalue weighted by Crippen LogP contribution is 2.20. The van der Waals surface area contributed by atoms with Crippen LogP contribution < -0.4 is 14.6 Å². The van der Waals surface area contributed by atoms with E-state index in [1.165, 1.54) is 80.8 Å². The number of aromatic nitrogens is 1. The highest BCUT2D eigenvalue weighted by atomic mass is 32.1. The van der Waals surface area contributed by atoms with E-state index in [1.54, 1.807) is 23.5 Å². The zero-order valence-electron chi connectivity index (χ0n) is 23.9. The van der Waals surface area contributed by atoms with Crippen LogP contribution in [0, 0.1) is 12.7 Å². The van der Waals surface area contributed by atoms with Crippen LogP contribution in [0.2, 0.25) is 0 Å². The van der Waals surface area contributed by atoms with Crippen molar-refractivity contribution in [3.8, 4) is 5.75 Å². The number of nitrogens with one attached hydrogen (secondary N) is 1. The van der Waals surface area contributed by atoms with E-state index in [-0.39, 0.29) is 18.1 Å². The fourth-order valence-electron chi connectivity index (χ4n) is 4.72. The van der Waals surface area contributed by atoms with Gasteiger partial charge in [-0.3, -0.25) is 4.79 Å². The Labute approximate surface area is 238 Å². The molecule has 1 heterocycles. The zero-order valence-corrected chi connectivity index (χ0v) is 24.7. The SMILES string of the molecule is CCCCCCCCCCCCCCOc1ccc(CC(=O)Nc2ccc(C[n+]3ccsc3C)cc2)cc1F. The molecule has 0 saturated carbocycles. The van der Waals surface area contributed by atoms with Crippen LogP contribution in [0.15, 0.2) is 54.0 Å². The maximum atomic E-state index is 14.5. The molecule has 0 spiro atoms. The van der Waals surface area contributed by atoms with Gasteiger partial charge < -0.3 is 10.1 Å². The summed E-state index contributed by atoms with van der Waals surface area (Å²) in [5.41, 5.74) is 2.53. The van der Waals surface area contributed by atoms with E-state index in [0.717, 1.165) is 25.1 Å². The quantitative estimate of drug-likeness (QED) is 0.119. The molecule has 0 aliphatic rings. The molecule has 0 fully saturated rings. The van der Waals surface area contributed by atoms with Gasteiger partial charge in [-0.2, -0.15) is 4.57 Å². The van der Waals surface area contributed by atoms with Crippen LogP contribution in [-0.4, -0.2) is 12.5 Å². The van der Waals surface area contributed by atoms with Crippen LogP contribution in [0.3, 0.4) is 0 Å². The molecular formula is C33H46FN2O2S+. The van der Waals surface area contributed by atoms with Gasteiger partial charge >= 0.3 is 0 Å². The van der Waals surface area contributed by atoms with Gasteiger partial charge in [0.1, 0.15) is 0 Å². The molecule has 0 bridgehead atoms. The van der Waals surface area contributed by atoms with Gasteiger partial charge in [0.05, 0.1) is 18.4 Å². The smallest absolute Gasteiger partial charge is 0.234 e. The summed E-state index contributed by atoms with van der Waals surface area (Å²) in [5, 5.41) is 6.23. The van der Waals surface area contributed by atoms with Crippen molar-refractivity contribution in [2.24, 2.45) is 0 Å². The maximum Gasteiger partial charge on any atom is 0.234 e. The number of carbonyl (C=O) groups is 1. The summed E-state index contributed by atoms with van der Waals surface area (Å²) in [5.74, 6) is -0.322. The minimum Gasteiger partial charge on any atom is -0.491 e. The molecule has 1 amide bonds. The number of carbonyl (C=O) groups excluding carboxylic acids is 1. The number of aryl methyl sites for hydroxylation is 1. The number of ether oxygens (including phenoxy) is 1. The van der Waals surface area contributed by atoms with Crippen LogP contribution in [0.5, 0.6) is 5.75 Å². The molecule has 1 N–H and O–H groups in total. The first-order chi connectivity index (χ1) is 19.0. The minimum absolute atomic E-state index is 0.113. The van der Waals surface area contributed by atoms with Crippen molar-refractivity contribution in [3.63, 3.8) is 0 Å². The van der Waals surface area contributed by atoms with Crippen molar-refractivity contribution in [1.82, 2.24) is 0 Å². The summed E-state index contributed by atoms with van der Waals surface area (Å²) >= 11 is 1.72. The maximum absolute atomic E-state index is 14.5. The molecule has 1 aromatic heterocycles. The molecule has 0 saturated heterocycles. The first-order valence-corrected chi connectivity index (χ1v) is 15.7. The number of unbranched alkanes of at least 4 members (excludes halogenated alkanes) is 11. The van der Waals surface area contributed by atoms with Gasteiger partial charge in [0.2, 0.25) is 10.9 Å². The predicted octanol–water partition coefficient (Wildman–Crippen LogP) is 8.79. The molecule has 3 rings (SSSR count). The van der Waals surface area contributed by atoms with E-state index in [2.05, 4.69) is 35.3 Å². The van der Waals surface area contributed by atoms with Crippen molar-refractivity contribution >= 4 is 22.9 Å². The number of hydrogen-bond acceptors (Lipinski definition) is 3. The van der Waals surface area contributed by atoms with E-state index in [1.807, 2.05) is 24.3 Å². The lowest BCUT2D eigenvalue weighted by Gasteiger charge is -2.10. The number of rotatable bonds is 19. The Morgan fingerprint density at radius 1 is 0.872 bits per heavy atom. The van der Waals surface area contributed by atoms with E-state index < -0.39 is 5.82 Å². The number of benzene rings is 2. The summed E-state index contributed by atoms with van der Waals surface area (Å²) in [6.07, 6.45) is 17.6. The van der Waals surface area contributed by atoms with E-state index in [4.69, 9.17) is 4.74 Å². The second-order valence-corrected chi connectivity index (χ2v) is 11.6. The fourth-order valence-corrected chi connectivity index (χ4v) is 5.38. The number of halogens is 1. The van der Waals surface area contributed by atoms with Crippen molar-refractivity contribution in [1.29, 1.82) is 0 Å². The van der Waals surface area contributed by atoms with Crippen molar-refractivity contribution in [3.05, 3.63) is 76.0 Å². The largest absolute Gasteiger partial charge is 0.491 e. The molecule has 39 heavy (non-hydrogen) atoms. The van der Waals surface area contributed by atoms with Crippen LogP contribution in [0.4, 0.5) is 10.1 Å². The molecule has 0 unspecified atom stereocenters. The van der Waals surface area contributed by atoms with Crippen LogP contribution in [0.1, 0.15) is 100 Å². The topological polar surface area (TPSA) is 42.2 Å². The molecule has 212 valence electrons. The van der Waals surface area contributed by atoms with Gasteiger partial charge in [0, 0.05) is 18.2 Å². The predicted molar refractivity (Wildman–Crippen MR) is 160 cm³/mol. The fraction of sp³-hybridized carbons (Fsp3) is 0.515. The summed E-state index contributed by atoms with van der Waals surface area (Å²) in [6, 6.07) is 12.6. The standard InChI is InChI=1S/C33H45FN2O2S/c1-3-4-5-6-7-8-9-10-11-12-13-14-22-38-32-20-17-29(24-31(32)34)25-33(37)35-30-18-15-28(16-19-30)26-36-21-23-39-27(36)2/h15-21,23-24H,3-14,22,25-26H2,1-2H3/p+1. The molecule has 0 atom stereocenters. The molecule has 2 aromatic carbocycles. The highest BCUT2D eigenvalue weighted by molar-refractivity contribution is 7.09. The lowest BCUT2D eigenvalue weighted by molar-refractivity contribution is -0.689. The van der Waals surface area contributed by atoms with Crippen LogP contribution in [-0.2, 0) is 17.8 Å². The van der Waals surface area contributed by atoms with Crippen molar-refractivity contribution in [2.75, 3.05) is 11.9 Å². The summed E-state index contributed by atoms with van der Waals surface area (Å²) in [4.78, 5) is 12.5. The summed E-state index contributed by atoms with van der Waals surface area (Å²) in [6.45, 7) is 5.68. The van der Waals surface area contributed by atoms with Gasteiger partial charge in [-0.25, -0.2) is 4.39 Å². The first-order valence-electron chi connectivity index (χ1n) is 14.8. The number of amides is 1. The third kappa shape index (κ3) is 11.9. The summed E-state index contributed by atoms with van der Waals surface area (Å²) < 4.78 is 22.4. The molecule has 6 heteroatoms. The van der Waals surface area contributed by atoms with Crippen LogP contribution in [0.25, 0.3) is 0 Å². The molecule has 4 nitrogen and oxygen atoms in total. The second-order valence-electron chi connectivity index (χ2n) is 10.5. The Bertz CT molecular complexity index is 1110. The van der Waals surface area contributed by atoms with Gasteiger partial charge in [0.15, 0.2) is 24.3 Å². The third-order valence-electron chi connectivity index (χ3n) is 7.09. The molecule has 0 aliphatic heterocycles. The Morgan fingerprint density at radius 2 is 1.49 bits per heavy atom. The first kappa shape index (κ1) is 30.8. The Hall–Kier alpha value is -2.73. The number of thiazole rings is 1. The van der Waals surface area contributed by atoms with E-state index >= 15 is 0 Å². The minimum atomic E-state index is -0.412. The van der Waals surface area contributed by atoms with E-state index in [9.17, 15) is 9.18 Å². The lowest BCUT2D eigenvalue weighted by atomic mass is 10.1. The normalized spacial score (nSPS) is 11.1. The Balaban J connectivity index is 1.28. The molecule has 3 aromatic rings. The van der Waals surface area contributed by atoms with Crippen molar-refractivity contribution < 1.29 is 18.5 Å². The number of nitrogens with zero attached hydrogens (tertiary/aromatic N) is 1. The third-order valence-corrected chi connectivity index (χ3v) is 7.92. The number of hydrogen-bond donors (Lipinski definition) is 1. The van der Waals surface area contributed by atoms with Gasteiger partial charge in [-0.05, 0) is 36.2 Å². The van der Waals surface area contributed by atoms with Gasteiger partial charge in [0.25, 0.3) is 0 Å². The lowest BCUT2D eigenvalue weighted by Crippen LogP contribution is -2.34. The highest BCUT2D eigenvalue weighted by Gasteiger charge is 2.11.